The second-order valence-electron chi connectivity index (χ2n) is 7.43. The Morgan fingerprint density at radius 1 is 1.09 bits per heavy atom. The van der Waals surface area contributed by atoms with Gasteiger partial charge in [-0.05, 0) is 57.9 Å². The van der Waals surface area contributed by atoms with Gasteiger partial charge in [-0.1, -0.05) is 12.1 Å². The average Bonchev–Trinajstić information content (AvgIpc) is 3.16. The van der Waals surface area contributed by atoms with Crippen LogP contribution >= 0.6 is 27.3 Å². The number of ether oxygens (including phenoxy) is 2. The number of carbonyl (C=O) groups is 1. The Morgan fingerprint density at radius 3 is 2.38 bits per heavy atom. The molecule has 3 aromatic rings. The number of thiophene rings is 1. The van der Waals surface area contributed by atoms with E-state index in [9.17, 15) is 21.6 Å². The molecule has 2 amide bonds. The standard InChI is InChI=1S/C21H19BrN2O7S3/c1-30-15-5-4-6-16-19(15)13-8-7-12(23-21(25)24(33(2,26)27)34(3,28)29)11-14(13)20(31-16)17-9-10-18(22)32-17/h4-11,20H,1-3H3,(H,23,25). The Bertz CT molecular complexity index is 1470. The van der Waals surface area contributed by atoms with Crippen molar-refractivity contribution in [1.29, 1.82) is 0 Å². The third-order valence-electron chi connectivity index (χ3n) is 4.93. The molecule has 0 spiro atoms. The number of benzene rings is 2. The van der Waals surface area contributed by atoms with Crippen LogP contribution < -0.4 is 14.8 Å². The van der Waals surface area contributed by atoms with E-state index in [1.54, 1.807) is 31.4 Å². The molecule has 1 N–H and O–H groups in total. The normalized spacial score (nSPS) is 15.0. The fourth-order valence-electron chi connectivity index (χ4n) is 3.72. The van der Waals surface area contributed by atoms with Gasteiger partial charge in [0.2, 0.25) is 20.0 Å². The Balaban J connectivity index is 1.82. The number of amides is 2. The first kappa shape index (κ1) is 24.5. The maximum Gasteiger partial charge on any atom is 0.349 e. The van der Waals surface area contributed by atoms with Crippen molar-refractivity contribution in [2.24, 2.45) is 0 Å². The number of nitrogens with zero attached hydrogens (tertiary/aromatic N) is 1. The number of anilines is 1. The molecule has 0 bridgehead atoms. The summed E-state index contributed by atoms with van der Waals surface area (Å²) in [4.78, 5) is 13.5. The van der Waals surface area contributed by atoms with Crippen LogP contribution in [0.15, 0.2) is 52.3 Å². The molecule has 2 heterocycles. The van der Waals surface area contributed by atoms with Gasteiger partial charge in [-0.15, -0.1) is 15.0 Å². The number of nitrogens with one attached hydrogen (secondary N) is 1. The van der Waals surface area contributed by atoms with E-state index in [4.69, 9.17) is 9.47 Å². The van der Waals surface area contributed by atoms with E-state index < -0.39 is 32.2 Å². The van der Waals surface area contributed by atoms with Gasteiger partial charge in [-0.25, -0.2) is 21.6 Å². The molecule has 0 fully saturated rings. The molecule has 180 valence electrons. The molecule has 4 rings (SSSR count). The van der Waals surface area contributed by atoms with Gasteiger partial charge in [-0.3, -0.25) is 0 Å². The zero-order chi connectivity index (χ0) is 24.8. The lowest BCUT2D eigenvalue weighted by molar-refractivity contribution is 0.245. The van der Waals surface area contributed by atoms with Crippen LogP contribution in [0, 0.1) is 0 Å². The molecule has 0 radical (unpaired) electrons. The van der Waals surface area contributed by atoms with Crippen molar-refractivity contribution < 1.29 is 31.1 Å². The van der Waals surface area contributed by atoms with Crippen molar-refractivity contribution in [3.8, 4) is 22.6 Å². The second kappa shape index (κ2) is 8.87. The number of sulfonamides is 2. The fraction of sp³-hybridized carbons (Fsp3) is 0.190. The van der Waals surface area contributed by atoms with Crippen LogP contribution in [0.4, 0.5) is 10.5 Å². The maximum atomic E-state index is 12.6. The van der Waals surface area contributed by atoms with E-state index in [0.717, 1.165) is 19.8 Å². The van der Waals surface area contributed by atoms with Crippen molar-refractivity contribution in [3.63, 3.8) is 0 Å². The molecule has 1 aromatic heterocycles. The van der Waals surface area contributed by atoms with Gasteiger partial charge in [0.15, 0.2) is 6.10 Å². The molecule has 9 nitrogen and oxygen atoms in total. The smallest absolute Gasteiger partial charge is 0.349 e. The average molecular weight is 587 g/mol. The van der Waals surface area contributed by atoms with Crippen LogP contribution in [0.25, 0.3) is 11.1 Å². The van der Waals surface area contributed by atoms with E-state index in [2.05, 4.69) is 21.2 Å². The van der Waals surface area contributed by atoms with Crippen molar-refractivity contribution in [2.75, 3.05) is 24.9 Å². The number of hydrogen-bond acceptors (Lipinski definition) is 8. The van der Waals surface area contributed by atoms with Crippen LogP contribution in [0.3, 0.4) is 0 Å². The minimum absolute atomic E-state index is 0.178. The minimum atomic E-state index is -4.37. The van der Waals surface area contributed by atoms with Crippen LogP contribution in [-0.2, 0) is 20.0 Å². The van der Waals surface area contributed by atoms with Crippen molar-refractivity contribution in [3.05, 3.63) is 62.8 Å². The van der Waals surface area contributed by atoms with E-state index in [0.29, 0.717) is 29.6 Å². The molecule has 1 aliphatic rings. The SMILES string of the molecule is COc1cccc2c1-c1ccc(NC(=O)N(S(C)(=O)=O)S(C)(=O)=O)cc1C(c1ccc(Br)s1)O2. The van der Waals surface area contributed by atoms with E-state index in [1.165, 1.54) is 11.3 Å². The third-order valence-corrected chi connectivity index (χ3v) is 9.76. The lowest BCUT2D eigenvalue weighted by Crippen LogP contribution is -2.43. The van der Waals surface area contributed by atoms with Gasteiger partial charge in [-0.2, -0.15) is 0 Å². The van der Waals surface area contributed by atoms with Gasteiger partial charge in [0.1, 0.15) is 11.5 Å². The topological polar surface area (TPSA) is 119 Å². The first-order chi connectivity index (χ1) is 15.9. The van der Waals surface area contributed by atoms with Gasteiger partial charge in [0.25, 0.3) is 0 Å². The first-order valence-corrected chi connectivity index (χ1v) is 15.0. The summed E-state index contributed by atoms with van der Waals surface area (Å²) in [5, 5.41) is 2.37. The quantitative estimate of drug-likeness (QED) is 0.470. The van der Waals surface area contributed by atoms with Gasteiger partial charge in [0, 0.05) is 11.3 Å². The molecule has 1 atom stereocenters. The summed E-state index contributed by atoms with van der Waals surface area (Å²) in [6, 6.07) is 12.9. The summed E-state index contributed by atoms with van der Waals surface area (Å²) in [6.07, 6.45) is 0.758. The molecular weight excluding hydrogens is 568 g/mol. The molecule has 2 aromatic carbocycles. The first-order valence-electron chi connectivity index (χ1n) is 9.65. The summed E-state index contributed by atoms with van der Waals surface area (Å²) in [7, 11) is -7.19. The number of urea groups is 1. The lowest BCUT2D eigenvalue weighted by atomic mass is 9.91. The lowest BCUT2D eigenvalue weighted by Gasteiger charge is -2.30. The number of methoxy groups -OCH3 is 1. The zero-order valence-electron chi connectivity index (χ0n) is 18.1. The molecule has 1 aliphatic heterocycles. The summed E-state index contributed by atoms with van der Waals surface area (Å²) < 4.78 is 60.3. The molecule has 34 heavy (non-hydrogen) atoms. The number of carbonyl (C=O) groups excluding carboxylic acids is 1. The van der Waals surface area contributed by atoms with Crippen molar-refractivity contribution in [2.45, 2.75) is 6.10 Å². The van der Waals surface area contributed by atoms with Gasteiger partial charge in [0.05, 0.1) is 33.8 Å². The fourth-order valence-corrected chi connectivity index (χ4v) is 7.85. The van der Waals surface area contributed by atoms with Crippen LogP contribution in [0.2, 0.25) is 0 Å². The van der Waals surface area contributed by atoms with Crippen LogP contribution in [0.5, 0.6) is 11.5 Å². The molecule has 0 aliphatic carbocycles. The van der Waals surface area contributed by atoms with Crippen molar-refractivity contribution >= 4 is 59.0 Å². The molecular formula is C21H19BrN2O7S3. The highest BCUT2D eigenvalue weighted by Crippen LogP contribution is 2.50. The Labute approximate surface area is 209 Å². The number of halogens is 1. The molecule has 0 saturated carbocycles. The highest BCUT2D eigenvalue weighted by atomic mass is 79.9. The predicted octanol–water partition coefficient (Wildman–Crippen LogP) is 4.42. The highest BCUT2D eigenvalue weighted by molar-refractivity contribution is 9.11. The highest BCUT2D eigenvalue weighted by Gasteiger charge is 2.34. The summed E-state index contributed by atoms with van der Waals surface area (Å²) in [5.41, 5.74) is 2.42. The second-order valence-corrected chi connectivity index (χ2v) is 13.8. The Morgan fingerprint density at radius 2 is 1.79 bits per heavy atom. The number of rotatable bonds is 5. The predicted molar refractivity (Wildman–Crippen MR) is 133 cm³/mol. The Hall–Kier alpha value is -2.61. The molecule has 1 unspecified atom stereocenters. The Kier molecular flexibility index (Phi) is 6.40. The number of hydrogen-bond donors (Lipinski definition) is 1. The monoisotopic (exact) mass is 586 g/mol. The van der Waals surface area contributed by atoms with Gasteiger partial charge < -0.3 is 14.8 Å². The third kappa shape index (κ3) is 4.65. The van der Waals surface area contributed by atoms with E-state index in [-0.39, 0.29) is 9.40 Å². The largest absolute Gasteiger partial charge is 0.496 e. The number of fused-ring (bicyclic) bond motifs is 3. The minimum Gasteiger partial charge on any atom is -0.496 e. The maximum absolute atomic E-state index is 12.6. The zero-order valence-corrected chi connectivity index (χ0v) is 22.1. The van der Waals surface area contributed by atoms with Crippen LogP contribution in [-0.4, -0.2) is 46.2 Å². The summed E-state index contributed by atoms with van der Waals surface area (Å²) in [6.45, 7) is 0. The summed E-state index contributed by atoms with van der Waals surface area (Å²) >= 11 is 4.94. The van der Waals surface area contributed by atoms with E-state index >= 15 is 0 Å². The van der Waals surface area contributed by atoms with Crippen molar-refractivity contribution in [1.82, 2.24) is 3.71 Å². The molecule has 0 saturated heterocycles. The van der Waals surface area contributed by atoms with Gasteiger partial charge >= 0.3 is 6.03 Å². The van der Waals surface area contributed by atoms with Crippen LogP contribution in [0.1, 0.15) is 16.5 Å². The van der Waals surface area contributed by atoms with E-state index in [1.807, 2.05) is 24.3 Å². The molecule has 13 heteroatoms. The summed E-state index contributed by atoms with van der Waals surface area (Å²) in [5.74, 6) is 1.22.